The minimum Gasteiger partial charge on any atom is -0.464 e. The van der Waals surface area contributed by atoms with E-state index in [1.165, 1.54) is 11.2 Å². The highest BCUT2D eigenvalue weighted by Crippen LogP contribution is 2.44. The Labute approximate surface area is 126 Å². The molecular weight excluding hydrogens is 287 g/mol. The summed E-state index contributed by atoms with van der Waals surface area (Å²) >= 11 is 1.72. The van der Waals surface area contributed by atoms with Crippen LogP contribution in [0.1, 0.15) is 25.3 Å². The molecule has 0 spiro atoms. The molecule has 0 saturated heterocycles. The van der Waals surface area contributed by atoms with Crippen molar-refractivity contribution in [3.63, 3.8) is 0 Å². The summed E-state index contributed by atoms with van der Waals surface area (Å²) in [6, 6.07) is 5.22. The molecule has 5 heteroatoms. The quantitative estimate of drug-likeness (QED) is 0.838. The average Bonchev–Trinajstić information content (AvgIpc) is 3.13. The lowest BCUT2D eigenvalue weighted by molar-refractivity contribution is 0.607. The number of aliphatic imine (C=N–C) groups is 1. The molecule has 0 saturated carbocycles. The first kappa shape index (κ1) is 13.0. The fourth-order valence-electron chi connectivity index (χ4n) is 2.91. The summed E-state index contributed by atoms with van der Waals surface area (Å²) in [4.78, 5) is 8.01. The summed E-state index contributed by atoms with van der Waals surface area (Å²) in [7, 11) is 0. The van der Waals surface area contributed by atoms with E-state index in [0.717, 1.165) is 42.4 Å². The maximum Gasteiger partial charge on any atom is 0.168 e. The smallest absolute Gasteiger partial charge is 0.168 e. The van der Waals surface area contributed by atoms with E-state index in [1.807, 2.05) is 6.07 Å². The van der Waals surface area contributed by atoms with Gasteiger partial charge in [0.2, 0.25) is 0 Å². The van der Waals surface area contributed by atoms with Crippen LogP contribution in [0.25, 0.3) is 16.7 Å². The van der Waals surface area contributed by atoms with Gasteiger partial charge in [-0.2, -0.15) is 0 Å². The van der Waals surface area contributed by atoms with Gasteiger partial charge in [-0.25, -0.2) is 4.39 Å². The molecule has 108 valence electrons. The van der Waals surface area contributed by atoms with Gasteiger partial charge in [0.25, 0.3) is 0 Å². The molecule has 3 nitrogen and oxygen atoms in total. The van der Waals surface area contributed by atoms with Gasteiger partial charge in [0.15, 0.2) is 5.17 Å². The van der Waals surface area contributed by atoms with Gasteiger partial charge in [-0.15, -0.1) is 0 Å². The number of rotatable bonds is 3. The van der Waals surface area contributed by atoms with Crippen LogP contribution in [-0.2, 0) is 0 Å². The number of furan rings is 1. The molecule has 0 aliphatic carbocycles. The number of hydrogen-bond acceptors (Lipinski definition) is 4. The number of fused-ring (bicyclic) bond motifs is 2. The van der Waals surface area contributed by atoms with Crippen LogP contribution in [0.5, 0.6) is 0 Å². The number of thioether (sulfide) groups is 1. The minimum absolute atomic E-state index is 0.228. The van der Waals surface area contributed by atoms with E-state index >= 15 is 0 Å². The predicted octanol–water partition coefficient (Wildman–Crippen LogP) is 4.46. The van der Waals surface area contributed by atoms with Crippen LogP contribution in [0.3, 0.4) is 0 Å². The second-order valence-electron chi connectivity index (χ2n) is 5.23. The summed E-state index contributed by atoms with van der Waals surface area (Å²) < 4.78 is 19.6. The Balaban J connectivity index is 1.87. The standard InChI is InChI=1S/C16H15FN2OS/c1-2-3-14-15(19-6-5-18-16(19)21-14)10-8-12(17)11-4-7-20-13(11)9-10/h4,7-9H,2-3,5-6H2,1H3. The molecule has 0 N–H and O–H groups in total. The first-order valence-electron chi connectivity index (χ1n) is 7.18. The normalized spacial score (nSPS) is 17.8. The Morgan fingerprint density at radius 1 is 1.43 bits per heavy atom. The zero-order chi connectivity index (χ0) is 14.4. The second kappa shape index (κ2) is 4.91. The van der Waals surface area contributed by atoms with Gasteiger partial charge in [-0.05, 0) is 24.6 Å². The topological polar surface area (TPSA) is 28.7 Å². The molecule has 2 aromatic rings. The van der Waals surface area contributed by atoms with E-state index < -0.39 is 0 Å². The number of benzene rings is 1. The van der Waals surface area contributed by atoms with E-state index in [-0.39, 0.29) is 5.82 Å². The lowest BCUT2D eigenvalue weighted by Gasteiger charge is -2.17. The van der Waals surface area contributed by atoms with Crippen molar-refractivity contribution in [2.75, 3.05) is 13.1 Å². The summed E-state index contributed by atoms with van der Waals surface area (Å²) in [6.45, 7) is 3.85. The molecular formula is C16H15FN2OS. The number of allylic oxidation sites excluding steroid dienone is 1. The van der Waals surface area contributed by atoms with Crippen molar-refractivity contribution in [1.82, 2.24) is 4.90 Å². The molecule has 2 aliphatic rings. The molecule has 0 amide bonds. The van der Waals surface area contributed by atoms with Crippen LogP contribution in [0.15, 0.2) is 38.8 Å². The molecule has 1 aromatic heterocycles. The van der Waals surface area contributed by atoms with Crippen LogP contribution in [0, 0.1) is 5.82 Å². The second-order valence-corrected chi connectivity index (χ2v) is 6.29. The van der Waals surface area contributed by atoms with E-state index in [2.05, 4.69) is 16.8 Å². The van der Waals surface area contributed by atoms with E-state index in [1.54, 1.807) is 23.9 Å². The van der Waals surface area contributed by atoms with Gasteiger partial charge in [-0.3, -0.25) is 4.99 Å². The van der Waals surface area contributed by atoms with Crippen molar-refractivity contribution >= 4 is 33.6 Å². The van der Waals surface area contributed by atoms with Crippen molar-refractivity contribution < 1.29 is 8.81 Å². The highest BCUT2D eigenvalue weighted by atomic mass is 32.2. The van der Waals surface area contributed by atoms with Crippen LogP contribution in [-0.4, -0.2) is 23.2 Å². The molecule has 0 unspecified atom stereocenters. The van der Waals surface area contributed by atoms with Crippen LogP contribution in [0.2, 0.25) is 0 Å². The summed E-state index contributed by atoms with van der Waals surface area (Å²) in [5.74, 6) is -0.228. The SMILES string of the molecule is CCCC1=C(c2cc(F)c3ccoc3c2)N2CCN=C2S1. The Morgan fingerprint density at radius 2 is 2.33 bits per heavy atom. The highest BCUT2D eigenvalue weighted by molar-refractivity contribution is 8.17. The van der Waals surface area contributed by atoms with Crippen LogP contribution < -0.4 is 0 Å². The number of hydrogen-bond donors (Lipinski definition) is 0. The van der Waals surface area contributed by atoms with Crippen molar-refractivity contribution in [2.24, 2.45) is 4.99 Å². The Morgan fingerprint density at radius 3 is 3.19 bits per heavy atom. The van der Waals surface area contributed by atoms with Gasteiger partial charge in [0.05, 0.1) is 23.9 Å². The fraction of sp³-hybridized carbons (Fsp3) is 0.312. The van der Waals surface area contributed by atoms with Gasteiger partial charge >= 0.3 is 0 Å². The largest absolute Gasteiger partial charge is 0.464 e. The molecule has 2 aliphatic heterocycles. The molecule has 21 heavy (non-hydrogen) atoms. The first-order valence-corrected chi connectivity index (χ1v) is 7.99. The third-order valence-corrected chi connectivity index (χ3v) is 5.00. The van der Waals surface area contributed by atoms with Gasteiger partial charge in [-0.1, -0.05) is 25.1 Å². The maximum atomic E-state index is 14.3. The lowest BCUT2D eigenvalue weighted by Crippen LogP contribution is -2.20. The van der Waals surface area contributed by atoms with Crippen molar-refractivity contribution in [1.29, 1.82) is 0 Å². The number of nitrogens with zero attached hydrogens (tertiary/aromatic N) is 2. The summed E-state index contributed by atoms with van der Waals surface area (Å²) in [5.41, 5.74) is 2.59. The Kier molecular flexibility index (Phi) is 3.03. The van der Waals surface area contributed by atoms with Gasteiger partial charge in [0, 0.05) is 17.0 Å². The van der Waals surface area contributed by atoms with Crippen LogP contribution >= 0.6 is 11.8 Å². The fourth-order valence-corrected chi connectivity index (χ4v) is 4.21. The number of halogens is 1. The maximum absolute atomic E-state index is 14.3. The molecule has 4 rings (SSSR count). The van der Waals surface area contributed by atoms with Crippen LogP contribution in [0.4, 0.5) is 4.39 Å². The molecule has 0 bridgehead atoms. The lowest BCUT2D eigenvalue weighted by atomic mass is 10.1. The third kappa shape index (κ3) is 1.99. The van der Waals surface area contributed by atoms with Crippen molar-refractivity contribution in [2.45, 2.75) is 19.8 Å². The summed E-state index contributed by atoms with van der Waals surface area (Å²) in [5, 5.41) is 1.59. The van der Waals surface area contributed by atoms with E-state index in [0.29, 0.717) is 11.0 Å². The molecule has 0 fully saturated rings. The van der Waals surface area contributed by atoms with Gasteiger partial charge in [0.1, 0.15) is 11.4 Å². The molecule has 0 atom stereocenters. The molecule has 3 heterocycles. The Bertz CT molecular complexity index is 778. The third-order valence-electron chi connectivity index (χ3n) is 3.82. The average molecular weight is 302 g/mol. The van der Waals surface area contributed by atoms with Crippen molar-refractivity contribution in [3.8, 4) is 0 Å². The first-order chi connectivity index (χ1) is 10.3. The molecule has 1 aromatic carbocycles. The number of amidine groups is 1. The molecule has 0 radical (unpaired) electrons. The van der Waals surface area contributed by atoms with E-state index in [9.17, 15) is 4.39 Å². The van der Waals surface area contributed by atoms with Gasteiger partial charge < -0.3 is 9.32 Å². The van der Waals surface area contributed by atoms with Crippen molar-refractivity contribution in [3.05, 3.63) is 40.7 Å². The summed E-state index contributed by atoms with van der Waals surface area (Å²) in [6.07, 6.45) is 3.59. The van der Waals surface area contributed by atoms with E-state index in [4.69, 9.17) is 4.42 Å². The predicted molar refractivity (Wildman–Crippen MR) is 84.6 cm³/mol. The monoisotopic (exact) mass is 302 g/mol. The zero-order valence-electron chi connectivity index (χ0n) is 11.7. The highest BCUT2D eigenvalue weighted by Gasteiger charge is 2.32. The minimum atomic E-state index is -0.228. The zero-order valence-corrected chi connectivity index (χ0v) is 12.5. The Hall–Kier alpha value is -1.75.